The Labute approximate surface area is 232 Å². The largest absolute Gasteiger partial charge is 0.494 e. The van der Waals surface area contributed by atoms with Crippen LogP contribution in [0.25, 0.3) is 10.9 Å². The van der Waals surface area contributed by atoms with E-state index in [-0.39, 0.29) is 11.8 Å². The third-order valence-electron chi connectivity index (χ3n) is 8.31. The first-order chi connectivity index (χ1) is 18.8. The summed E-state index contributed by atoms with van der Waals surface area (Å²) in [5, 5.41) is 4.20. The minimum Gasteiger partial charge on any atom is -0.494 e. The molecule has 0 aliphatic carbocycles. The van der Waals surface area contributed by atoms with E-state index in [1.54, 1.807) is 4.90 Å². The number of carbonyl (C=O) groups excluding carboxylic acids is 2. The molecule has 0 spiro atoms. The second-order valence-corrected chi connectivity index (χ2v) is 11.7. The number of hydrogen-bond donors (Lipinski definition) is 1. The van der Waals surface area contributed by atoms with Crippen molar-refractivity contribution in [2.75, 3.05) is 32.8 Å². The number of nitrogens with zero attached hydrogens (tertiary/aromatic N) is 3. The van der Waals surface area contributed by atoms with Crippen LogP contribution in [0.15, 0.2) is 54.6 Å². The van der Waals surface area contributed by atoms with Gasteiger partial charge in [0, 0.05) is 36.1 Å². The molecule has 2 aromatic carbocycles. The van der Waals surface area contributed by atoms with Crippen molar-refractivity contribution in [3.8, 4) is 5.75 Å². The molecular weight excluding hydrogens is 488 g/mol. The quantitative estimate of drug-likeness (QED) is 0.398. The second kappa shape index (κ2) is 11.4. The van der Waals surface area contributed by atoms with E-state index in [9.17, 15) is 9.59 Å². The maximum atomic E-state index is 14.1. The van der Waals surface area contributed by atoms with E-state index in [4.69, 9.17) is 4.74 Å². The Hall–Kier alpha value is -3.32. The van der Waals surface area contributed by atoms with Crippen LogP contribution < -0.4 is 10.1 Å². The van der Waals surface area contributed by atoms with Gasteiger partial charge in [0.25, 0.3) is 5.91 Å². The van der Waals surface area contributed by atoms with Crippen LogP contribution in [0.3, 0.4) is 0 Å². The highest BCUT2D eigenvalue weighted by Crippen LogP contribution is 2.34. The van der Waals surface area contributed by atoms with Gasteiger partial charge >= 0.3 is 0 Å². The second-order valence-electron chi connectivity index (χ2n) is 11.7. The third kappa shape index (κ3) is 5.55. The summed E-state index contributed by atoms with van der Waals surface area (Å²) in [5.74, 6) is 1.92. The van der Waals surface area contributed by atoms with Gasteiger partial charge in [-0.1, -0.05) is 50.2 Å². The summed E-state index contributed by atoms with van der Waals surface area (Å²) in [6, 6.07) is 17.7. The van der Waals surface area contributed by atoms with E-state index in [2.05, 4.69) is 24.1 Å². The highest BCUT2D eigenvalue weighted by molar-refractivity contribution is 6.03. The summed E-state index contributed by atoms with van der Waals surface area (Å²) in [6.45, 7) is 13.5. The lowest BCUT2D eigenvalue weighted by Gasteiger charge is -2.44. The lowest BCUT2D eigenvalue weighted by molar-refractivity contribution is -0.133. The molecule has 3 atom stereocenters. The van der Waals surface area contributed by atoms with Gasteiger partial charge in [-0.05, 0) is 63.3 Å². The Balaban J connectivity index is 1.38. The topological polar surface area (TPSA) is 66.8 Å². The standard InChI is InChI=1S/C32H42N4O3/c1-5-39-29-14-9-7-12-26(29)21-36-30(37)28-18-25-11-6-8-13-27(25)35(28)22-32(36,4)31(38)33-15-10-16-34-19-23(2)17-24(3)20-34/h6-9,11-14,18,23-24H,5,10,15-17,19-22H2,1-4H3,(H,33,38)/t23-,24+,32-/m1/s1. The monoisotopic (exact) mass is 530 g/mol. The van der Waals surface area contributed by atoms with E-state index >= 15 is 0 Å². The summed E-state index contributed by atoms with van der Waals surface area (Å²) < 4.78 is 7.88. The van der Waals surface area contributed by atoms with Crippen LogP contribution in [0, 0.1) is 11.8 Å². The fourth-order valence-electron chi connectivity index (χ4n) is 6.52. The first-order valence-electron chi connectivity index (χ1n) is 14.4. The van der Waals surface area contributed by atoms with Gasteiger partial charge in [0.2, 0.25) is 5.91 Å². The Bertz CT molecular complexity index is 1320. The van der Waals surface area contributed by atoms with E-state index in [1.165, 1.54) is 6.42 Å². The van der Waals surface area contributed by atoms with Crippen LogP contribution in [-0.2, 0) is 17.9 Å². The molecule has 0 bridgehead atoms. The maximum absolute atomic E-state index is 14.1. The number of carbonyl (C=O) groups is 2. The molecular formula is C32H42N4O3. The third-order valence-corrected chi connectivity index (χ3v) is 8.31. The van der Waals surface area contributed by atoms with Crippen molar-refractivity contribution in [2.24, 2.45) is 11.8 Å². The zero-order valence-electron chi connectivity index (χ0n) is 23.8. The van der Waals surface area contributed by atoms with Crippen LogP contribution in [0.5, 0.6) is 5.75 Å². The van der Waals surface area contributed by atoms with Crippen molar-refractivity contribution in [2.45, 2.75) is 59.2 Å². The molecule has 39 heavy (non-hydrogen) atoms. The van der Waals surface area contributed by atoms with Crippen LogP contribution in [0.2, 0.25) is 0 Å². The molecule has 1 saturated heterocycles. The Morgan fingerprint density at radius 1 is 1.08 bits per heavy atom. The lowest BCUT2D eigenvalue weighted by atomic mass is 9.92. The van der Waals surface area contributed by atoms with Crippen molar-refractivity contribution in [1.82, 2.24) is 19.7 Å². The summed E-state index contributed by atoms with van der Waals surface area (Å²) in [6.07, 6.45) is 2.18. The summed E-state index contributed by atoms with van der Waals surface area (Å²) in [7, 11) is 0. The van der Waals surface area contributed by atoms with Gasteiger partial charge in [0.15, 0.2) is 0 Å². The smallest absolute Gasteiger partial charge is 0.271 e. The van der Waals surface area contributed by atoms with Crippen molar-refractivity contribution in [3.05, 3.63) is 65.9 Å². The highest BCUT2D eigenvalue weighted by atomic mass is 16.5. The summed E-state index contributed by atoms with van der Waals surface area (Å²) in [4.78, 5) is 32.3. The predicted molar refractivity (Wildman–Crippen MR) is 155 cm³/mol. The van der Waals surface area contributed by atoms with Gasteiger partial charge in [-0.25, -0.2) is 0 Å². The van der Waals surface area contributed by atoms with Crippen LogP contribution in [-0.4, -0.2) is 64.5 Å². The number of hydrogen-bond acceptors (Lipinski definition) is 4. The maximum Gasteiger partial charge on any atom is 0.271 e. The van der Waals surface area contributed by atoms with Crippen molar-refractivity contribution >= 4 is 22.7 Å². The molecule has 0 saturated carbocycles. The molecule has 3 aromatic rings. The predicted octanol–water partition coefficient (Wildman–Crippen LogP) is 4.94. The fourth-order valence-corrected chi connectivity index (χ4v) is 6.52. The molecule has 2 amide bonds. The van der Waals surface area contributed by atoms with Gasteiger partial charge in [0.05, 0.1) is 19.7 Å². The number of aromatic nitrogens is 1. The zero-order chi connectivity index (χ0) is 27.6. The van der Waals surface area contributed by atoms with Gasteiger partial charge < -0.3 is 24.4 Å². The fraction of sp³-hybridized carbons (Fsp3) is 0.500. The van der Waals surface area contributed by atoms with Gasteiger partial charge in [-0.3, -0.25) is 9.59 Å². The highest BCUT2D eigenvalue weighted by Gasteiger charge is 2.47. The van der Waals surface area contributed by atoms with Crippen LogP contribution in [0.4, 0.5) is 0 Å². The zero-order valence-corrected chi connectivity index (χ0v) is 23.8. The van der Waals surface area contributed by atoms with Gasteiger partial charge in [0.1, 0.15) is 17.0 Å². The molecule has 1 aromatic heterocycles. The Morgan fingerprint density at radius 2 is 1.79 bits per heavy atom. The van der Waals surface area contributed by atoms with Crippen molar-refractivity contribution in [1.29, 1.82) is 0 Å². The Kier molecular flexibility index (Phi) is 7.98. The molecule has 2 aliphatic heterocycles. The van der Waals surface area contributed by atoms with Gasteiger partial charge in [-0.2, -0.15) is 0 Å². The first-order valence-corrected chi connectivity index (χ1v) is 14.4. The Morgan fingerprint density at radius 3 is 2.56 bits per heavy atom. The molecule has 7 heteroatoms. The average molecular weight is 531 g/mol. The number of likely N-dealkylation sites (tertiary alicyclic amines) is 1. The van der Waals surface area contributed by atoms with Crippen molar-refractivity contribution < 1.29 is 14.3 Å². The van der Waals surface area contributed by atoms with Crippen molar-refractivity contribution in [3.63, 3.8) is 0 Å². The number of piperidine rings is 1. The molecule has 1 N–H and O–H groups in total. The molecule has 5 rings (SSSR count). The van der Waals surface area contributed by atoms with E-state index in [1.807, 2.05) is 73.0 Å². The molecule has 1 fully saturated rings. The first kappa shape index (κ1) is 27.3. The lowest BCUT2D eigenvalue weighted by Crippen LogP contribution is -2.63. The van der Waals surface area contributed by atoms with E-state index in [0.29, 0.717) is 43.8 Å². The molecule has 7 nitrogen and oxygen atoms in total. The minimum atomic E-state index is -1.06. The number of rotatable bonds is 9. The SMILES string of the molecule is CCOc1ccccc1CN1C(=O)c2cc3ccccc3n2C[C@]1(C)C(=O)NCCCN1C[C@H](C)C[C@H](C)C1. The van der Waals surface area contributed by atoms with Crippen LogP contribution in [0.1, 0.15) is 56.6 Å². The van der Waals surface area contributed by atoms with E-state index < -0.39 is 5.54 Å². The normalized spacial score (nSPS) is 23.6. The molecule has 0 unspecified atom stereocenters. The number of benzene rings is 2. The number of fused-ring (bicyclic) bond motifs is 3. The molecule has 208 valence electrons. The average Bonchev–Trinajstić information content (AvgIpc) is 3.28. The van der Waals surface area contributed by atoms with Gasteiger partial charge in [-0.15, -0.1) is 0 Å². The number of para-hydroxylation sites is 2. The molecule has 2 aliphatic rings. The number of amides is 2. The number of ether oxygens (including phenoxy) is 1. The van der Waals surface area contributed by atoms with Crippen LogP contribution >= 0.6 is 0 Å². The number of nitrogens with one attached hydrogen (secondary N) is 1. The minimum absolute atomic E-state index is 0.117. The summed E-state index contributed by atoms with van der Waals surface area (Å²) in [5.41, 5.74) is 1.43. The van der Waals surface area contributed by atoms with E-state index in [0.717, 1.165) is 48.3 Å². The summed E-state index contributed by atoms with van der Waals surface area (Å²) >= 11 is 0. The molecule has 0 radical (unpaired) electrons. The molecule has 3 heterocycles.